The fourth-order valence-corrected chi connectivity index (χ4v) is 4.34. The first kappa shape index (κ1) is 18.8. The van der Waals surface area contributed by atoms with E-state index in [0.717, 1.165) is 5.56 Å². The molecular formula is C24H15BrFNO3. The molecule has 1 atom stereocenters. The Morgan fingerprint density at radius 2 is 1.80 bits per heavy atom. The second-order valence-electron chi connectivity index (χ2n) is 7.25. The molecule has 30 heavy (non-hydrogen) atoms. The van der Waals surface area contributed by atoms with Gasteiger partial charge in [-0.25, -0.2) is 4.39 Å². The molecule has 4 aromatic rings. The minimum Gasteiger partial charge on any atom is -0.450 e. The van der Waals surface area contributed by atoms with Crippen LogP contribution in [0.2, 0.25) is 0 Å². The van der Waals surface area contributed by atoms with Crippen LogP contribution in [0.25, 0.3) is 11.0 Å². The molecule has 0 radical (unpaired) electrons. The minimum atomic E-state index is -0.921. The standard InChI is InChI=1S/C24H15BrFNO3/c1-13-5-4-6-15(11-13)27-21(16-7-2-3-8-18(16)26)20-22(28)17-12-14(25)9-10-19(17)30-23(20)24(27)29/h2-12,21H,1H3. The molecule has 1 aliphatic rings. The molecule has 0 N–H and O–H groups in total. The number of anilines is 1. The van der Waals surface area contributed by atoms with Crippen molar-refractivity contribution in [3.05, 3.63) is 110 Å². The number of amides is 1. The van der Waals surface area contributed by atoms with Crippen molar-refractivity contribution < 1.29 is 13.6 Å². The molecule has 0 spiro atoms. The van der Waals surface area contributed by atoms with Gasteiger partial charge in [-0.3, -0.25) is 14.5 Å². The Bertz CT molecular complexity index is 1400. The molecular weight excluding hydrogens is 449 g/mol. The van der Waals surface area contributed by atoms with Gasteiger partial charge in [0.25, 0.3) is 5.91 Å². The molecule has 0 bridgehead atoms. The SMILES string of the molecule is Cc1cccc(N2C(=O)c3oc4ccc(Br)cc4c(=O)c3C2c2ccccc2F)c1. The summed E-state index contributed by atoms with van der Waals surface area (Å²) in [7, 11) is 0. The van der Waals surface area contributed by atoms with E-state index in [4.69, 9.17) is 4.42 Å². The zero-order chi connectivity index (χ0) is 21.0. The van der Waals surface area contributed by atoms with E-state index < -0.39 is 17.8 Å². The van der Waals surface area contributed by atoms with Crippen LogP contribution in [0, 0.1) is 12.7 Å². The molecule has 0 saturated heterocycles. The third-order valence-corrected chi connectivity index (χ3v) is 5.81. The van der Waals surface area contributed by atoms with Gasteiger partial charge in [0, 0.05) is 15.7 Å². The quantitative estimate of drug-likeness (QED) is 0.380. The molecule has 1 amide bonds. The van der Waals surface area contributed by atoms with Crippen LogP contribution in [-0.2, 0) is 0 Å². The second kappa shape index (κ2) is 6.92. The summed E-state index contributed by atoms with van der Waals surface area (Å²) in [6.07, 6.45) is 0. The van der Waals surface area contributed by atoms with Crippen LogP contribution in [-0.4, -0.2) is 5.91 Å². The maximum Gasteiger partial charge on any atom is 0.295 e. The fourth-order valence-electron chi connectivity index (χ4n) is 3.98. The monoisotopic (exact) mass is 463 g/mol. The Labute approximate surface area is 179 Å². The van der Waals surface area contributed by atoms with E-state index in [1.807, 2.05) is 25.1 Å². The molecule has 5 rings (SSSR count). The molecule has 1 unspecified atom stereocenters. The van der Waals surface area contributed by atoms with E-state index in [0.29, 0.717) is 21.1 Å². The number of fused-ring (bicyclic) bond motifs is 2. The van der Waals surface area contributed by atoms with Crippen molar-refractivity contribution in [1.29, 1.82) is 0 Å². The Morgan fingerprint density at radius 1 is 1.00 bits per heavy atom. The fraction of sp³-hybridized carbons (Fsp3) is 0.0833. The maximum absolute atomic E-state index is 14.9. The third-order valence-electron chi connectivity index (χ3n) is 5.31. The topological polar surface area (TPSA) is 50.5 Å². The van der Waals surface area contributed by atoms with Gasteiger partial charge in [0.1, 0.15) is 11.4 Å². The Balaban J connectivity index is 1.86. The van der Waals surface area contributed by atoms with E-state index in [2.05, 4.69) is 15.9 Å². The van der Waals surface area contributed by atoms with E-state index in [9.17, 15) is 14.0 Å². The predicted molar refractivity (Wildman–Crippen MR) is 116 cm³/mol. The Hall–Kier alpha value is -3.25. The van der Waals surface area contributed by atoms with Crippen LogP contribution < -0.4 is 10.3 Å². The highest BCUT2D eigenvalue weighted by molar-refractivity contribution is 9.10. The molecule has 4 nitrogen and oxygen atoms in total. The van der Waals surface area contributed by atoms with Crippen LogP contribution in [0.3, 0.4) is 0 Å². The molecule has 1 aliphatic heterocycles. The lowest BCUT2D eigenvalue weighted by molar-refractivity contribution is 0.0971. The van der Waals surface area contributed by atoms with Crippen molar-refractivity contribution in [2.75, 3.05) is 4.90 Å². The molecule has 3 aromatic carbocycles. The lowest BCUT2D eigenvalue weighted by atomic mass is 9.97. The molecule has 0 saturated carbocycles. The number of carbonyl (C=O) groups excluding carboxylic acids is 1. The molecule has 1 aromatic heterocycles. The largest absolute Gasteiger partial charge is 0.450 e. The van der Waals surface area contributed by atoms with Gasteiger partial charge in [-0.1, -0.05) is 46.3 Å². The van der Waals surface area contributed by atoms with Crippen molar-refractivity contribution >= 4 is 38.5 Å². The summed E-state index contributed by atoms with van der Waals surface area (Å²) < 4.78 is 21.5. The average Bonchev–Trinajstić information content (AvgIpc) is 3.01. The van der Waals surface area contributed by atoms with Crippen LogP contribution >= 0.6 is 15.9 Å². The number of carbonyl (C=O) groups is 1. The Morgan fingerprint density at radius 3 is 2.57 bits per heavy atom. The van der Waals surface area contributed by atoms with E-state index in [1.165, 1.54) is 11.0 Å². The predicted octanol–water partition coefficient (Wildman–Crippen LogP) is 5.75. The maximum atomic E-state index is 14.9. The van der Waals surface area contributed by atoms with Crippen molar-refractivity contribution in [2.24, 2.45) is 0 Å². The molecule has 0 aliphatic carbocycles. The van der Waals surface area contributed by atoms with Gasteiger partial charge in [0.2, 0.25) is 5.76 Å². The summed E-state index contributed by atoms with van der Waals surface area (Å²) in [5, 5.41) is 0.336. The molecule has 2 heterocycles. The number of nitrogens with zero attached hydrogens (tertiary/aromatic N) is 1. The number of halogens is 2. The summed E-state index contributed by atoms with van der Waals surface area (Å²) in [4.78, 5) is 28.3. The lowest BCUT2D eigenvalue weighted by Gasteiger charge is -2.25. The van der Waals surface area contributed by atoms with E-state index in [1.54, 1.807) is 42.5 Å². The average molecular weight is 464 g/mol. The number of hydrogen-bond acceptors (Lipinski definition) is 3. The summed E-state index contributed by atoms with van der Waals surface area (Å²) in [5.74, 6) is -1.01. The van der Waals surface area contributed by atoms with E-state index >= 15 is 0 Å². The van der Waals surface area contributed by atoms with Gasteiger partial charge in [-0.15, -0.1) is 0 Å². The summed E-state index contributed by atoms with van der Waals surface area (Å²) in [5.41, 5.74) is 1.88. The van der Waals surface area contributed by atoms with Crippen LogP contribution in [0.5, 0.6) is 0 Å². The number of hydrogen-bond donors (Lipinski definition) is 0. The first-order valence-corrected chi connectivity index (χ1v) is 10.2. The zero-order valence-corrected chi connectivity index (χ0v) is 17.4. The van der Waals surface area contributed by atoms with Crippen LogP contribution in [0.4, 0.5) is 10.1 Å². The summed E-state index contributed by atoms with van der Waals surface area (Å²) >= 11 is 3.37. The van der Waals surface area contributed by atoms with Crippen molar-refractivity contribution in [3.8, 4) is 0 Å². The first-order chi connectivity index (χ1) is 14.5. The van der Waals surface area contributed by atoms with Gasteiger partial charge in [0.05, 0.1) is 17.0 Å². The number of rotatable bonds is 2. The molecule has 148 valence electrons. The van der Waals surface area contributed by atoms with Gasteiger partial charge in [-0.2, -0.15) is 0 Å². The van der Waals surface area contributed by atoms with Gasteiger partial charge in [0.15, 0.2) is 5.43 Å². The highest BCUT2D eigenvalue weighted by atomic mass is 79.9. The highest BCUT2D eigenvalue weighted by Crippen LogP contribution is 2.42. The smallest absolute Gasteiger partial charge is 0.295 e. The van der Waals surface area contributed by atoms with Gasteiger partial charge < -0.3 is 4.42 Å². The van der Waals surface area contributed by atoms with Gasteiger partial charge in [-0.05, 0) is 48.9 Å². The Kier molecular flexibility index (Phi) is 4.33. The van der Waals surface area contributed by atoms with Crippen LogP contribution in [0.1, 0.15) is 33.3 Å². The lowest BCUT2D eigenvalue weighted by Crippen LogP contribution is -2.30. The zero-order valence-electron chi connectivity index (χ0n) is 15.9. The van der Waals surface area contributed by atoms with Crippen molar-refractivity contribution in [2.45, 2.75) is 13.0 Å². The second-order valence-corrected chi connectivity index (χ2v) is 8.17. The minimum absolute atomic E-state index is 0.0513. The van der Waals surface area contributed by atoms with Crippen molar-refractivity contribution in [1.82, 2.24) is 0 Å². The molecule has 6 heteroatoms. The number of aryl methyl sites for hydroxylation is 1. The number of benzene rings is 3. The summed E-state index contributed by atoms with van der Waals surface area (Å²) in [6.45, 7) is 1.91. The normalized spacial score (nSPS) is 15.6. The summed E-state index contributed by atoms with van der Waals surface area (Å²) in [6, 6.07) is 17.6. The highest BCUT2D eigenvalue weighted by Gasteiger charge is 2.44. The molecule has 0 fully saturated rings. The third kappa shape index (κ3) is 2.79. The van der Waals surface area contributed by atoms with Crippen LogP contribution in [0.15, 0.2) is 80.4 Å². The van der Waals surface area contributed by atoms with E-state index in [-0.39, 0.29) is 22.3 Å². The first-order valence-electron chi connectivity index (χ1n) is 9.36. The van der Waals surface area contributed by atoms with Crippen molar-refractivity contribution in [3.63, 3.8) is 0 Å². The van der Waals surface area contributed by atoms with Gasteiger partial charge >= 0.3 is 0 Å².